The maximum atomic E-state index is 9.37. The molecule has 1 aliphatic rings. The Morgan fingerprint density at radius 3 is 2.73 bits per heavy atom. The van der Waals surface area contributed by atoms with E-state index in [1.807, 2.05) is 7.05 Å². The average molecular weight is 175 g/mol. The summed E-state index contributed by atoms with van der Waals surface area (Å²) in [6.45, 7) is 1.04. The molecule has 1 aliphatic carbocycles. The van der Waals surface area contributed by atoms with Crippen LogP contribution in [0.4, 0.5) is 0 Å². The minimum absolute atomic E-state index is 0.166. The lowest BCUT2D eigenvalue weighted by atomic mass is 10.0. The number of hydrogen-bond donors (Lipinski definition) is 3. The molecule has 0 radical (unpaired) electrons. The minimum atomic E-state index is -0.166. The minimum Gasteiger partial charge on any atom is -0.392 e. The van der Waals surface area contributed by atoms with Crippen LogP contribution in [0.1, 0.15) is 19.3 Å². The first-order chi connectivity index (χ1) is 5.25. The molecule has 0 bridgehead atoms. The van der Waals surface area contributed by atoms with Gasteiger partial charge in [-0.15, -0.1) is 0 Å². The van der Waals surface area contributed by atoms with Crippen LogP contribution < -0.4 is 5.32 Å². The Morgan fingerprint density at radius 1 is 1.55 bits per heavy atom. The highest BCUT2D eigenvalue weighted by atomic mass is 32.1. The van der Waals surface area contributed by atoms with Crippen molar-refractivity contribution in [1.82, 2.24) is 5.32 Å². The molecule has 0 amide bonds. The third-order valence-electron chi connectivity index (χ3n) is 2.48. The van der Waals surface area contributed by atoms with Crippen molar-refractivity contribution >= 4 is 12.6 Å². The lowest BCUT2D eigenvalue weighted by molar-refractivity contribution is 0.183. The summed E-state index contributed by atoms with van der Waals surface area (Å²) >= 11 is 4.38. The van der Waals surface area contributed by atoms with Crippen molar-refractivity contribution in [2.75, 3.05) is 13.6 Å². The van der Waals surface area contributed by atoms with Gasteiger partial charge in [-0.1, -0.05) is 0 Å². The number of aliphatic hydroxyl groups excluding tert-OH is 1. The van der Waals surface area contributed by atoms with Gasteiger partial charge in [0.05, 0.1) is 6.10 Å². The van der Waals surface area contributed by atoms with Gasteiger partial charge < -0.3 is 10.4 Å². The molecule has 3 heteroatoms. The van der Waals surface area contributed by atoms with Crippen LogP contribution in [0.25, 0.3) is 0 Å². The van der Waals surface area contributed by atoms with Gasteiger partial charge in [0.2, 0.25) is 0 Å². The maximum absolute atomic E-state index is 9.37. The van der Waals surface area contributed by atoms with E-state index < -0.39 is 0 Å². The Balaban J connectivity index is 2.24. The third kappa shape index (κ3) is 2.36. The molecule has 1 saturated carbocycles. The van der Waals surface area contributed by atoms with Crippen LogP contribution in [-0.4, -0.2) is 30.1 Å². The summed E-state index contributed by atoms with van der Waals surface area (Å²) in [6, 6.07) is 0. The zero-order chi connectivity index (χ0) is 8.27. The third-order valence-corrected chi connectivity index (χ3v) is 3.24. The molecule has 2 nitrogen and oxygen atoms in total. The van der Waals surface area contributed by atoms with E-state index >= 15 is 0 Å². The van der Waals surface area contributed by atoms with Gasteiger partial charge in [-0.3, -0.25) is 0 Å². The molecule has 0 saturated heterocycles. The van der Waals surface area contributed by atoms with Crippen LogP contribution in [-0.2, 0) is 0 Å². The lowest BCUT2D eigenvalue weighted by Gasteiger charge is -2.15. The predicted octanol–water partition coefficient (Wildman–Crippen LogP) is 0.665. The van der Waals surface area contributed by atoms with Gasteiger partial charge in [-0.25, -0.2) is 0 Å². The normalized spacial score (nSPS) is 37.9. The second-order valence-corrected chi connectivity index (χ2v) is 3.88. The molecule has 0 spiro atoms. The summed E-state index contributed by atoms with van der Waals surface area (Å²) < 4.78 is 0. The molecule has 1 fully saturated rings. The first-order valence-corrected chi connectivity index (χ1v) is 4.78. The Labute approximate surface area is 73.8 Å². The first-order valence-electron chi connectivity index (χ1n) is 4.26. The number of rotatable bonds is 3. The fraction of sp³-hybridized carbons (Fsp3) is 1.00. The summed E-state index contributed by atoms with van der Waals surface area (Å²) in [7, 11) is 1.96. The second-order valence-electron chi connectivity index (χ2n) is 3.29. The largest absolute Gasteiger partial charge is 0.392 e. The van der Waals surface area contributed by atoms with Crippen molar-refractivity contribution in [1.29, 1.82) is 0 Å². The van der Waals surface area contributed by atoms with Crippen molar-refractivity contribution in [3.05, 3.63) is 0 Å². The van der Waals surface area contributed by atoms with Gasteiger partial charge in [0.15, 0.2) is 0 Å². The highest BCUT2D eigenvalue weighted by molar-refractivity contribution is 7.81. The van der Waals surface area contributed by atoms with Crippen LogP contribution in [0.2, 0.25) is 0 Å². The van der Waals surface area contributed by atoms with Crippen LogP contribution >= 0.6 is 12.6 Å². The highest BCUT2D eigenvalue weighted by Crippen LogP contribution is 2.32. The lowest BCUT2D eigenvalue weighted by Crippen LogP contribution is -2.22. The molecule has 0 aliphatic heterocycles. The van der Waals surface area contributed by atoms with Crippen LogP contribution in [0.15, 0.2) is 0 Å². The molecule has 0 aromatic carbocycles. The molecule has 0 aromatic rings. The fourth-order valence-corrected chi connectivity index (χ4v) is 2.13. The van der Waals surface area contributed by atoms with E-state index in [0.717, 1.165) is 25.8 Å². The molecule has 0 heterocycles. The topological polar surface area (TPSA) is 32.3 Å². The first kappa shape index (κ1) is 9.36. The van der Waals surface area contributed by atoms with Crippen molar-refractivity contribution in [2.45, 2.75) is 30.6 Å². The standard InChI is InChI=1S/C8H17NOS/c1-9-5-4-6-2-3-7(10)8(6)11/h6-11H,2-5H2,1H3/t6-,7-,8-/m0/s1. The van der Waals surface area contributed by atoms with E-state index in [9.17, 15) is 5.11 Å². The summed E-state index contributed by atoms with van der Waals surface area (Å²) in [5, 5.41) is 12.7. The summed E-state index contributed by atoms with van der Waals surface area (Å²) in [4.78, 5) is 0. The van der Waals surface area contributed by atoms with E-state index in [-0.39, 0.29) is 11.4 Å². The predicted molar refractivity (Wildman–Crippen MR) is 50.0 cm³/mol. The molecule has 11 heavy (non-hydrogen) atoms. The van der Waals surface area contributed by atoms with E-state index in [0.29, 0.717) is 5.92 Å². The average Bonchev–Trinajstić information content (AvgIpc) is 2.31. The van der Waals surface area contributed by atoms with Crippen molar-refractivity contribution in [2.24, 2.45) is 5.92 Å². The summed E-state index contributed by atoms with van der Waals surface area (Å²) in [5.41, 5.74) is 0. The Bertz CT molecular complexity index is 121. The number of thiol groups is 1. The van der Waals surface area contributed by atoms with Gasteiger partial charge in [0, 0.05) is 5.25 Å². The Kier molecular flexibility index (Phi) is 3.69. The Hall–Kier alpha value is 0.270. The quantitative estimate of drug-likeness (QED) is 0.551. The van der Waals surface area contributed by atoms with E-state index in [1.165, 1.54) is 0 Å². The van der Waals surface area contributed by atoms with Gasteiger partial charge in [0.25, 0.3) is 0 Å². The number of aliphatic hydroxyl groups is 1. The van der Waals surface area contributed by atoms with E-state index in [2.05, 4.69) is 17.9 Å². The molecule has 1 rings (SSSR count). The molecular formula is C8H17NOS. The molecule has 3 atom stereocenters. The molecule has 2 N–H and O–H groups in total. The zero-order valence-corrected chi connectivity index (χ0v) is 7.85. The summed E-state index contributed by atoms with van der Waals surface area (Å²) in [6.07, 6.45) is 3.04. The molecule has 0 unspecified atom stereocenters. The van der Waals surface area contributed by atoms with Crippen LogP contribution in [0.3, 0.4) is 0 Å². The van der Waals surface area contributed by atoms with Crippen molar-refractivity contribution in [3.63, 3.8) is 0 Å². The van der Waals surface area contributed by atoms with Gasteiger partial charge in [-0.2, -0.15) is 12.6 Å². The Morgan fingerprint density at radius 2 is 2.27 bits per heavy atom. The molecule has 66 valence electrons. The van der Waals surface area contributed by atoms with E-state index in [1.54, 1.807) is 0 Å². The number of nitrogens with one attached hydrogen (secondary N) is 1. The number of hydrogen-bond acceptors (Lipinski definition) is 3. The fourth-order valence-electron chi connectivity index (χ4n) is 1.69. The van der Waals surface area contributed by atoms with Crippen molar-refractivity contribution in [3.8, 4) is 0 Å². The highest BCUT2D eigenvalue weighted by Gasteiger charge is 2.31. The smallest absolute Gasteiger partial charge is 0.0659 e. The van der Waals surface area contributed by atoms with E-state index in [4.69, 9.17) is 0 Å². The van der Waals surface area contributed by atoms with Crippen molar-refractivity contribution < 1.29 is 5.11 Å². The van der Waals surface area contributed by atoms with Crippen LogP contribution in [0.5, 0.6) is 0 Å². The summed E-state index contributed by atoms with van der Waals surface area (Å²) in [5.74, 6) is 0.612. The maximum Gasteiger partial charge on any atom is 0.0659 e. The van der Waals surface area contributed by atoms with Gasteiger partial charge >= 0.3 is 0 Å². The van der Waals surface area contributed by atoms with Gasteiger partial charge in [-0.05, 0) is 38.8 Å². The zero-order valence-electron chi connectivity index (χ0n) is 6.95. The van der Waals surface area contributed by atoms with Gasteiger partial charge in [0.1, 0.15) is 0 Å². The SMILES string of the molecule is CNCC[C@@H]1CC[C@H](O)[C@H]1S. The molecular weight excluding hydrogens is 158 g/mol. The monoisotopic (exact) mass is 175 g/mol. The second kappa shape index (κ2) is 4.33. The molecule has 0 aromatic heterocycles. The van der Waals surface area contributed by atoms with Crippen LogP contribution in [0, 0.1) is 5.92 Å².